The number of nitrogens with one attached hydrogen (secondary N) is 2. The minimum absolute atomic E-state index is 0.0231. The van der Waals surface area contributed by atoms with Gasteiger partial charge in [-0.05, 0) is 39.9 Å². The Bertz CT molecular complexity index is 1670. The van der Waals surface area contributed by atoms with Crippen molar-refractivity contribution in [2.24, 2.45) is 11.8 Å². The number of halogens is 2. The number of carbonyl (C=O) groups is 4. The second-order valence-corrected chi connectivity index (χ2v) is 12.2. The quantitative estimate of drug-likeness (QED) is 0.196. The van der Waals surface area contributed by atoms with Crippen molar-refractivity contribution in [1.82, 2.24) is 15.8 Å². The van der Waals surface area contributed by atoms with Crippen molar-refractivity contribution < 1.29 is 19.2 Å². The molecule has 0 saturated carbocycles. The van der Waals surface area contributed by atoms with Gasteiger partial charge in [0.15, 0.2) is 0 Å². The molecule has 1 saturated heterocycles. The number of hydrazine groups is 1. The van der Waals surface area contributed by atoms with E-state index in [1.807, 2.05) is 78.9 Å². The van der Waals surface area contributed by atoms with E-state index in [2.05, 4.69) is 10.9 Å². The van der Waals surface area contributed by atoms with Gasteiger partial charge in [0.2, 0.25) is 11.8 Å². The van der Waals surface area contributed by atoms with Crippen LogP contribution in [0.2, 0.25) is 0 Å². The fourth-order valence-electron chi connectivity index (χ4n) is 7.00. The highest BCUT2D eigenvalue weighted by Gasteiger charge is 2.73. The highest BCUT2D eigenvalue weighted by Crippen LogP contribution is 2.69. The van der Waals surface area contributed by atoms with Gasteiger partial charge in [-0.15, -0.1) is 23.2 Å². The van der Waals surface area contributed by atoms with Crippen LogP contribution >= 0.6 is 23.2 Å². The molecule has 2 N–H and O–H groups in total. The number of hydrogen-bond acceptors (Lipinski definition) is 4. The fourth-order valence-corrected chi connectivity index (χ4v) is 8.10. The summed E-state index contributed by atoms with van der Waals surface area (Å²) in [4.78, 5) is 53.8. The van der Waals surface area contributed by atoms with Gasteiger partial charge in [0, 0.05) is 12.0 Å². The smallest absolute Gasteiger partial charge is 0.269 e. The Morgan fingerprint density at radius 2 is 1.07 bits per heavy atom. The van der Waals surface area contributed by atoms with Crippen molar-refractivity contribution in [1.29, 1.82) is 0 Å². The fraction of sp³-hybridized carbons (Fsp3) is 0.176. The number of benzene rings is 4. The molecule has 3 aliphatic carbocycles. The van der Waals surface area contributed by atoms with Crippen LogP contribution in [0.3, 0.4) is 0 Å². The Hall–Kier alpha value is -4.46. The maximum absolute atomic E-state index is 14.5. The third kappa shape index (κ3) is 3.88. The van der Waals surface area contributed by atoms with Gasteiger partial charge in [-0.3, -0.25) is 34.9 Å². The van der Waals surface area contributed by atoms with Crippen molar-refractivity contribution in [3.8, 4) is 0 Å². The molecule has 1 fully saturated rings. The molecule has 4 aromatic carbocycles. The highest BCUT2D eigenvalue weighted by atomic mass is 35.5. The summed E-state index contributed by atoms with van der Waals surface area (Å²) in [7, 11) is 0. The lowest BCUT2D eigenvalue weighted by atomic mass is 9.54. The Kier molecular flexibility index (Phi) is 6.41. The average Bonchev–Trinajstić information content (AvgIpc) is 3.32. The van der Waals surface area contributed by atoms with Gasteiger partial charge in [-0.1, -0.05) is 97.1 Å². The number of nitrogens with zero attached hydrogens (tertiary/aromatic N) is 1. The van der Waals surface area contributed by atoms with Gasteiger partial charge in [0.05, 0.1) is 11.8 Å². The molecular weight excluding hydrogens is 585 g/mol. The Labute approximate surface area is 257 Å². The normalized spacial score (nSPS) is 25.4. The Morgan fingerprint density at radius 1 is 0.651 bits per heavy atom. The molecule has 43 heavy (non-hydrogen) atoms. The zero-order valence-corrected chi connectivity index (χ0v) is 24.2. The van der Waals surface area contributed by atoms with Crippen LogP contribution in [0, 0.1) is 11.8 Å². The molecule has 2 bridgehead atoms. The van der Waals surface area contributed by atoms with Crippen LogP contribution in [0.25, 0.3) is 0 Å². The van der Waals surface area contributed by atoms with Crippen LogP contribution in [0.1, 0.15) is 38.2 Å². The predicted octanol–water partition coefficient (Wildman–Crippen LogP) is 4.65. The van der Waals surface area contributed by atoms with Gasteiger partial charge < -0.3 is 0 Å². The summed E-state index contributed by atoms with van der Waals surface area (Å²) in [5.41, 5.74) is 8.62. The Balaban J connectivity index is 1.30. The summed E-state index contributed by atoms with van der Waals surface area (Å²) in [6, 6.07) is 30.9. The third-order valence-electron chi connectivity index (χ3n) is 8.84. The summed E-state index contributed by atoms with van der Waals surface area (Å²) in [6.45, 7) is 0. The number of hydrogen-bond donors (Lipinski definition) is 2. The van der Waals surface area contributed by atoms with Crippen LogP contribution in [-0.2, 0) is 30.6 Å². The summed E-state index contributed by atoms with van der Waals surface area (Å²) in [5.74, 6) is -4.51. The standard InChI is InChI=1S/C34H25Cl2N3O4/c35-33-22-15-7-8-16-23(22)34(36,25-18-10-9-17-24(25)33)28-27(33)31(42)39(32(28)43)26(19-20-11-3-1-4-12-20)30(41)38-37-29(40)21-13-5-2-6-14-21/h1-18,26-28H,19H2,(H,37,40)(H,38,41)/t26-,27+,28+,33?,34?/m0/s1. The molecule has 1 heterocycles. The Morgan fingerprint density at radius 3 is 1.53 bits per heavy atom. The average molecular weight is 610 g/mol. The van der Waals surface area contributed by atoms with E-state index in [-0.39, 0.29) is 6.42 Å². The van der Waals surface area contributed by atoms with E-state index < -0.39 is 51.3 Å². The monoisotopic (exact) mass is 609 g/mol. The molecule has 1 aliphatic heterocycles. The van der Waals surface area contributed by atoms with Gasteiger partial charge in [0.1, 0.15) is 15.8 Å². The number of carbonyl (C=O) groups excluding carboxylic acids is 4. The van der Waals surface area contributed by atoms with E-state index in [1.54, 1.807) is 30.3 Å². The molecule has 7 nitrogen and oxygen atoms in total. The summed E-state index contributed by atoms with van der Waals surface area (Å²) >= 11 is 15.1. The van der Waals surface area contributed by atoms with Crippen molar-refractivity contribution >= 4 is 46.8 Å². The van der Waals surface area contributed by atoms with Crippen molar-refractivity contribution in [2.75, 3.05) is 0 Å². The molecule has 3 atom stereocenters. The summed E-state index contributed by atoms with van der Waals surface area (Å²) < 4.78 is 0. The first-order valence-corrected chi connectivity index (χ1v) is 14.7. The lowest BCUT2D eigenvalue weighted by Crippen LogP contribution is -2.57. The van der Waals surface area contributed by atoms with Crippen LogP contribution in [0.5, 0.6) is 0 Å². The zero-order chi connectivity index (χ0) is 29.9. The van der Waals surface area contributed by atoms with Crippen molar-refractivity contribution in [3.63, 3.8) is 0 Å². The molecule has 0 radical (unpaired) electrons. The number of imide groups is 1. The molecular formula is C34H25Cl2N3O4. The van der Waals surface area contributed by atoms with Crippen LogP contribution in [0.4, 0.5) is 0 Å². The molecule has 0 unspecified atom stereocenters. The number of likely N-dealkylation sites (tertiary alicyclic amines) is 1. The van der Waals surface area contributed by atoms with Gasteiger partial charge in [0.25, 0.3) is 11.8 Å². The number of rotatable bonds is 5. The van der Waals surface area contributed by atoms with E-state index in [0.29, 0.717) is 27.8 Å². The van der Waals surface area contributed by atoms with E-state index in [0.717, 1.165) is 10.5 Å². The van der Waals surface area contributed by atoms with Gasteiger partial charge >= 0.3 is 0 Å². The number of alkyl halides is 2. The van der Waals surface area contributed by atoms with Crippen molar-refractivity contribution in [2.45, 2.75) is 22.2 Å². The molecule has 0 aromatic heterocycles. The first kappa shape index (κ1) is 27.4. The van der Waals surface area contributed by atoms with Crippen LogP contribution < -0.4 is 10.9 Å². The van der Waals surface area contributed by atoms with E-state index in [1.165, 1.54) is 0 Å². The highest BCUT2D eigenvalue weighted by molar-refractivity contribution is 6.36. The van der Waals surface area contributed by atoms with Crippen molar-refractivity contribution in [3.05, 3.63) is 143 Å². The molecule has 4 aliphatic rings. The summed E-state index contributed by atoms with van der Waals surface area (Å²) in [6.07, 6.45) is 0.0231. The molecule has 0 spiro atoms. The lowest BCUT2D eigenvalue weighted by Gasteiger charge is -2.54. The largest absolute Gasteiger partial charge is 0.274 e. The topological polar surface area (TPSA) is 95.6 Å². The third-order valence-corrected chi connectivity index (χ3v) is 10.1. The maximum atomic E-state index is 14.5. The first-order valence-electron chi connectivity index (χ1n) is 13.9. The first-order chi connectivity index (χ1) is 20.8. The summed E-state index contributed by atoms with van der Waals surface area (Å²) in [5, 5.41) is 0. The molecule has 9 heteroatoms. The maximum Gasteiger partial charge on any atom is 0.269 e. The second kappa shape index (κ2) is 10.1. The number of amides is 4. The van der Waals surface area contributed by atoms with Crippen LogP contribution in [0.15, 0.2) is 109 Å². The molecule has 4 amide bonds. The van der Waals surface area contributed by atoms with E-state index >= 15 is 0 Å². The van der Waals surface area contributed by atoms with E-state index in [9.17, 15) is 19.2 Å². The molecule has 4 aromatic rings. The zero-order valence-electron chi connectivity index (χ0n) is 22.7. The molecule has 8 rings (SSSR count). The SMILES string of the molecule is O=C(NNC(=O)[C@H](Cc1ccccc1)N1C(=O)[C@H]2[C@H](C1=O)C1(Cl)c3ccccc3C2(Cl)c2ccccc21)c1ccccc1. The minimum atomic E-state index is -1.37. The second-order valence-electron chi connectivity index (χ2n) is 11.0. The van der Waals surface area contributed by atoms with Gasteiger partial charge in [-0.25, -0.2) is 0 Å². The molecule has 214 valence electrons. The predicted molar refractivity (Wildman–Crippen MR) is 161 cm³/mol. The van der Waals surface area contributed by atoms with Gasteiger partial charge in [-0.2, -0.15) is 0 Å². The minimum Gasteiger partial charge on any atom is -0.274 e. The lowest BCUT2D eigenvalue weighted by molar-refractivity contribution is -0.148. The van der Waals surface area contributed by atoms with E-state index in [4.69, 9.17) is 23.2 Å². The van der Waals surface area contributed by atoms with Crippen LogP contribution in [-0.4, -0.2) is 34.6 Å².